The minimum Gasteiger partial charge on any atom is -0.481 e. The van der Waals surface area contributed by atoms with Gasteiger partial charge in [0.1, 0.15) is 17.7 Å². The van der Waals surface area contributed by atoms with Gasteiger partial charge in [-0.15, -0.1) is 0 Å². The summed E-state index contributed by atoms with van der Waals surface area (Å²) >= 11 is 0. The number of nitrogens with one attached hydrogen (secondary N) is 1. The van der Waals surface area contributed by atoms with Gasteiger partial charge in [-0.05, 0) is 36.5 Å². The van der Waals surface area contributed by atoms with E-state index in [9.17, 15) is 19.1 Å². The van der Waals surface area contributed by atoms with Crippen LogP contribution in [-0.2, 0) is 16.1 Å². The molecular weight excluding hydrogens is 564 g/mol. The molecule has 2 aromatic carbocycles. The topological polar surface area (TPSA) is 91.8 Å². The lowest BCUT2D eigenvalue weighted by molar-refractivity contribution is -0.154. The third-order valence-corrected chi connectivity index (χ3v) is 9.18. The molecule has 2 N–H and O–H groups in total. The van der Waals surface area contributed by atoms with Gasteiger partial charge >= 0.3 is 5.97 Å². The molecular formula is C35H41F2N3O4. The summed E-state index contributed by atoms with van der Waals surface area (Å²) in [6, 6.07) is 11.8. The molecule has 234 valence electrons. The zero-order chi connectivity index (χ0) is 31.6. The zero-order valence-electron chi connectivity index (χ0n) is 25.7. The second kappa shape index (κ2) is 13.0. The van der Waals surface area contributed by atoms with Crippen LogP contribution in [0.4, 0.5) is 8.78 Å². The highest BCUT2D eigenvalue weighted by Gasteiger charge is 2.58. The second-order valence-electron chi connectivity index (χ2n) is 13.0. The molecule has 3 aromatic rings. The zero-order valence-corrected chi connectivity index (χ0v) is 25.7. The highest BCUT2D eigenvalue weighted by atomic mass is 19.1. The lowest BCUT2D eigenvalue weighted by atomic mass is 9.72. The first-order chi connectivity index (χ1) is 21.0. The summed E-state index contributed by atoms with van der Waals surface area (Å²) in [6.07, 6.45) is 5.77. The fourth-order valence-corrected chi connectivity index (χ4v) is 7.21. The SMILES string of the molecule is COc1ncc(-c2ccccc2F)cc1CN[C@H]1[C@H](C(C)(C)C)[C@@H](C(=O)O)N(C(=O)C2CCCCC2)[C@H]1c1ccccc1F. The fraction of sp³-hybridized carbons (Fsp3) is 0.457. The number of hydrogen-bond donors (Lipinski definition) is 2. The van der Waals surface area contributed by atoms with Crippen molar-refractivity contribution in [1.29, 1.82) is 0 Å². The predicted octanol–water partition coefficient (Wildman–Crippen LogP) is 6.77. The van der Waals surface area contributed by atoms with Gasteiger partial charge in [0.25, 0.3) is 0 Å². The molecule has 2 heterocycles. The minimum atomic E-state index is -1.17. The summed E-state index contributed by atoms with van der Waals surface area (Å²) in [7, 11) is 1.50. The summed E-state index contributed by atoms with van der Waals surface area (Å²) in [5, 5.41) is 14.2. The molecule has 0 bridgehead atoms. The molecule has 1 aliphatic carbocycles. The molecule has 1 aliphatic heterocycles. The highest BCUT2D eigenvalue weighted by Crippen LogP contribution is 2.50. The van der Waals surface area contributed by atoms with Crippen LogP contribution in [0.15, 0.2) is 60.8 Å². The molecule has 0 radical (unpaired) electrons. The number of benzene rings is 2. The Hall–Kier alpha value is -3.85. The van der Waals surface area contributed by atoms with E-state index < -0.39 is 41.2 Å². The van der Waals surface area contributed by atoms with E-state index in [2.05, 4.69) is 10.3 Å². The van der Waals surface area contributed by atoms with Crippen LogP contribution in [0.3, 0.4) is 0 Å². The van der Waals surface area contributed by atoms with Crippen molar-refractivity contribution < 1.29 is 28.2 Å². The number of carboxylic acids is 1. The largest absolute Gasteiger partial charge is 0.481 e. The summed E-state index contributed by atoms with van der Waals surface area (Å²) in [4.78, 5) is 33.3. The third-order valence-electron chi connectivity index (χ3n) is 9.18. The average molecular weight is 606 g/mol. The number of halogens is 2. The number of carboxylic acid groups (broad SMARTS) is 1. The monoisotopic (exact) mass is 605 g/mol. The number of carbonyl (C=O) groups excluding carboxylic acids is 1. The van der Waals surface area contributed by atoms with Gasteiger partial charge in [0.05, 0.1) is 13.2 Å². The lowest BCUT2D eigenvalue weighted by Crippen LogP contribution is -2.49. The maximum atomic E-state index is 15.6. The van der Waals surface area contributed by atoms with Crippen molar-refractivity contribution in [2.75, 3.05) is 7.11 Å². The molecule has 1 saturated carbocycles. The summed E-state index contributed by atoms with van der Waals surface area (Å²) < 4.78 is 35.8. The van der Waals surface area contributed by atoms with Crippen molar-refractivity contribution in [2.24, 2.45) is 17.3 Å². The number of rotatable bonds is 8. The lowest BCUT2D eigenvalue weighted by Gasteiger charge is -2.36. The maximum absolute atomic E-state index is 15.6. The number of nitrogens with zero attached hydrogens (tertiary/aromatic N) is 2. The van der Waals surface area contributed by atoms with Crippen LogP contribution in [0.5, 0.6) is 5.88 Å². The van der Waals surface area contributed by atoms with Crippen molar-refractivity contribution in [2.45, 2.75) is 77.5 Å². The molecule has 5 rings (SSSR count). The number of likely N-dealkylation sites (tertiary alicyclic amines) is 1. The van der Waals surface area contributed by atoms with Crippen LogP contribution < -0.4 is 10.1 Å². The van der Waals surface area contributed by atoms with E-state index in [4.69, 9.17) is 4.74 Å². The van der Waals surface area contributed by atoms with Gasteiger partial charge in [0.2, 0.25) is 11.8 Å². The number of hydrogen-bond acceptors (Lipinski definition) is 5. The van der Waals surface area contributed by atoms with Gasteiger partial charge in [0, 0.05) is 52.9 Å². The minimum absolute atomic E-state index is 0.165. The Balaban J connectivity index is 1.60. The Bertz CT molecular complexity index is 1500. The van der Waals surface area contributed by atoms with Crippen LogP contribution in [-0.4, -0.2) is 46.1 Å². The Morgan fingerprint density at radius 3 is 2.30 bits per heavy atom. The van der Waals surface area contributed by atoms with E-state index >= 15 is 4.39 Å². The quantitative estimate of drug-likeness (QED) is 0.294. The van der Waals surface area contributed by atoms with E-state index in [0.717, 1.165) is 19.3 Å². The molecule has 1 saturated heterocycles. The van der Waals surface area contributed by atoms with E-state index in [1.54, 1.807) is 48.7 Å². The number of aliphatic carboxylic acids is 1. The van der Waals surface area contributed by atoms with Crippen LogP contribution >= 0.6 is 0 Å². The number of aromatic nitrogens is 1. The number of pyridine rings is 1. The normalized spacial score (nSPS) is 22.6. The number of ether oxygens (including phenoxy) is 1. The molecule has 44 heavy (non-hydrogen) atoms. The molecule has 2 fully saturated rings. The third kappa shape index (κ3) is 6.20. The average Bonchev–Trinajstić information content (AvgIpc) is 3.36. The molecule has 9 heteroatoms. The van der Waals surface area contributed by atoms with Crippen molar-refractivity contribution in [1.82, 2.24) is 15.2 Å². The van der Waals surface area contributed by atoms with Gasteiger partial charge in [-0.1, -0.05) is 76.4 Å². The Labute approximate surface area is 257 Å². The fourth-order valence-electron chi connectivity index (χ4n) is 7.21. The standard InChI is InChI=1S/C35H41F2N3O4/c1-35(2,3)28-29(38-20-23-18-22(19-39-32(23)44-4)24-14-8-10-16-26(24)36)30(25-15-9-11-17-27(25)37)40(31(28)34(42)43)33(41)21-12-6-5-7-13-21/h8-11,14-19,21,28-31,38H,5-7,12-13,20H2,1-4H3,(H,42,43)/t28-,29-,30-,31-/m0/s1. The molecule has 0 spiro atoms. The van der Waals surface area contributed by atoms with Crippen molar-refractivity contribution in [3.05, 3.63) is 83.6 Å². The first-order valence-electron chi connectivity index (χ1n) is 15.3. The molecule has 7 nitrogen and oxygen atoms in total. The second-order valence-corrected chi connectivity index (χ2v) is 13.0. The summed E-state index contributed by atoms with van der Waals surface area (Å²) in [5.74, 6) is -2.78. The smallest absolute Gasteiger partial charge is 0.326 e. The highest BCUT2D eigenvalue weighted by molar-refractivity contribution is 5.87. The van der Waals surface area contributed by atoms with Gasteiger partial charge < -0.3 is 20.1 Å². The van der Waals surface area contributed by atoms with E-state index in [0.29, 0.717) is 35.4 Å². The summed E-state index contributed by atoms with van der Waals surface area (Å²) in [6.45, 7) is 6.03. The van der Waals surface area contributed by atoms with E-state index in [1.165, 1.54) is 24.1 Å². The van der Waals surface area contributed by atoms with E-state index in [1.807, 2.05) is 20.8 Å². The van der Waals surface area contributed by atoms with Crippen LogP contribution in [0, 0.1) is 28.9 Å². The molecule has 0 unspecified atom stereocenters. The first kappa shape index (κ1) is 31.6. The van der Waals surface area contributed by atoms with Crippen LogP contribution in [0.2, 0.25) is 0 Å². The molecule has 4 atom stereocenters. The molecule has 2 aliphatic rings. The summed E-state index contributed by atoms with van der Waals surface area (Å²) in [5.41, 5.74) is 1.26. The van der Waals surface area contributed by atoms with Crippen molar-refractivity contribution in [3.8, 4) is 17.0 Å². The van der Waals surface area contributed by atoms with Gasteiger partial charge in [-0.25, -0.2) is 18.6 Å². The van der Waals surface area contributed by atoms with E-state index in [-0.39, 0.29) is 29.8 Å². The van der Waals surface area contributed by atoms with Crippen molar-refractivity contribution >= 4 is 11.9 Å². The van der Waals surface area contributed by atoms with Gasteiger partial charge in [0.15, 0.2) is 0 Å². The Morgan fingerprint density at radius 1 is 1.02 bits per heavy atom. The Kier molecular flexibility index (Phi) is 9.34. The molecule has 1 aromatic heterocycles. The first-order valence-corrected chi connectivity index (χ1v) is 15.3. The van der Waals surface area contributed by atoms with Gasteiger partial charge in [-0.2, -0.15) is 0 Å². The molecule has 1 amide bonds. The van der Waals surface area contributed by atoms with Crippen LogP contribution in [0.1, 0.15) is 70.0 Å². The van der Waals surface area contributed by atoms with Crippen LogP contribution in [0.25, 0.3) is 11.1 Å². The van der Waals surface area contributed by atoms with Gasteiger partial charge in [-0.3, -0.25) is 4.79 Å². The number of carbonyl (C=O) groups is 2. The number of amides is 1. The predicted molar refractivity (Wildman–Crippen MR) is 164 cm³/mol. The van der Waals surface area contributed by atoms with Crippen molar-refractivity contribution in [3.63, 3.8) is 0 Å². The maximum Gasteiger partial charge on any atom is 0.326 e. The Morgan fingerprint density at radius 2 is 1.68 bits per heavy atom. The number of methoxy groups -OCH3 is 1.